The van der Waals surface area contributed by atoms with Crippen molar-refractivity contribution in [3.63, 3.8) is 0 Å². The summed E-state index contributed by atoms with van der Waals surface area (Å²) in [6.45, 7) is 1.95. The number of nitrogens with one attached hydrogen (secondary N) is 4. The van der Waals surface area contributed by atoms with E-state index in [1.807, 2.05) is 67.6 Å². The van der Waals surface area contributed by atoms with Crippen molar-refractivity contribution < 1.29 is 0 Å². The van der Waals surface area contributed by atoms with Crippen molar-refractivity contribution in [3.8, 4) is 18.2 Å². The van der Waals surface area contributed by atoms with Crippen molar-refractivity contribution in [1.82, 2.24) is 21.0 Å². The van der Waals surface area contributed by atoms with E-state index in [0.717, 1.165) is 40.9 Å². The molecule has 2 aliphatic rings. The Morgan fingerprint density at radius 3 is 2.55 bits per heavy atom. The largest absolute Gasteiger partial charge is 0.377 e. The van der Waals surface area contributed by atoms with Crippen LogP contribution in [0.25, 0.3) is 10.9 Å². The van der Waals surface area contributed by atoms with Crippen LogP contribution in [0, 0.1) is 40.9 Å². The maximum atomic E-state index is 10.1. The van der Waals surface area contributed by atoms with Gasteiger partial charge in [0.1, 0.15) is 6.07 Å². The highest BCUT2D eigenvalue weighted by Crippen LogP contribution is 2.39. The minimum absolute atomic E-state index is 0.208. The number of pyridine rings is 1. The van der Waals surface area contributed by atoms with E-state index in [1.54, 1.807) is 0 Å². The third-order valence-electron chi connectivity index (χ3n) is 8.09. The lowest BCUT2D eigenvalue weighted by molar-refractivity contribution is 0.260. The predicted octanol–water partition coefficient (Wildman–Crippen LogP) is 6.88. The second-order valence-electron chi connectivity index (χ2n) is 11.0. The van der Waals surface area contributed by atoms with E-state index in [9.17, 15) is 15.8 Å². The first-order valence-corrected chi connectivity index (χ1v) is 14.9. The average molecular weight is 600 g/mol. The van der Waals surface area contributed by atoms with Crippen molar-refractivity contribution in [2.75, 3.05) is 10.6 Å². The zero-order valence-corrected chi connectivity index (χ0v) is 24.9. The molecule has 0 radical (unpaired) electrons. The lowest BCUT2D eigenvalue weighted by Gasteiger charge is -2.25. The molecule has 1 unspecified atom stereocenters. The zero-order chi connectivity index (χ0) is 30.6. The lowest BCUT2D eigenvalue weighted by atomic mass is 9.95. The van der Waals surface area contributed by atoms with Crippen LogP contribution in [-0.2, 0) is 0 Å². The molecule has 9 nitrogen and oxygen atoms in total. The Balaban J connectivity index is 1.44. The van der Waals surface area contributed by atoms with E-state index in [4.69, 9.17) is 11.6 Å². The first-order chi connectivity index (χ1) is 21.5. The van der Waals surface area contributed by atoms with Gasteiger partial charge < -0.3 is 16.1 Å². The third kappa shape index (κ3) is 5.82. The van der Waals surface area contributed by atoms with Gasteiger partial charge in [-0.05, 0) is 61.1 Å². The number of hydrazine groups is 2. The van der Waals surface area contributed by atoms with Crippen molar-refractivity contribution in [2.45, 2.75) is 50.7 Å². The van der Waals surface area contributed by atoms with E-state index in [-0.39, 0.29) is 12.1 Å². The van der Waals surface area contributed by atoms with Gasteiger partial charge in [0.2, 0.25) is 0 Å². The highest BCUT2D eigenvalue weighted by Gasteiger charge is 2.33. The number of nitriles is 3. The quantitative estimate of drug-likeness (QED) is 0.154. The predicted molar refractivity (Wildman–Crippen MR) is 171 cm³/mol. The molecule has 1 aromatic heterocycles. The second kappa shape index (κ2) is 12.5. The minimum atomic E-state index is -0.343. The summed E-state index contributed by atoms with van der Waals surface area (Å²) in [5, 5.41) is 39.6. The number of hydrogen-bond donors (Lipinski definition) is 4. The van der Waals surface area contributed by atoms with Crippen LogP contribution in [0.15, 0.2) is 78.8 Å². The summed E-state index contributed by atoms with van der Waals surface area (Å²) in [7, 11) is 0. The summed E-state index contributed by atoms with van der Waals surface area (Å²) in [5.74, 6) is 0. The van der Waals surface area contributed by atoms with Crippen molar-refractivity contribution in [2.24, 2.45) is 0 Å². The van der Waals surface area contributed by atoms with Gasteiger partial charge in [-0.1, -0.05) is 54.1 Å². The monoisotopic (exact) mass is 599 g/mol. The summed E-state index contributed by atoms with van der Waals surface area (Å²) in [5.41, 5.74) is 13.2. The van der Waals surface area contributed by atoms with Crippen LogP contribution in [0.3, 0.4) is 0 Å². The molecule has 0 amide bonds. The number of fused-ring (bicyclic) bond motifs is 1. The van der Waals surface area contributed by atoms with Crippen molar-refractivity contribution in [1.29, 1.82) is 15.8 Å². The van der Waals surface area contributed by atoms with Crippen molar-refractivity contribution in [3.05, 3.63) is 112 Å². The molecule has 3 aromatic carbocycles. The molecule has 2 atom stereocenters. The normalized spacial score (nSPS) is 15.3. The summed E-state index contributed by atoms with van der Waals surface area (Å²) in [4.78, 5) is 4.53. The highest BCUT2D eigenvalue weighted by molar-refractivity contribution is 6.35. The number of anilines is 2. The van der Waals surface area contributed by atoms with E-state index in [1.165, 1.54) is 6.20 Å². The van der Waals surface area contributed by atoms with E-state index < -0.39 is 0 Å². The van der Waals surface area contributed by atoms with Gasteiger partial charge in [-0.15, -0.1) is 5.53 Å². The van der Waals surface area contributed by atoms with Gasteiger partial charge in [-0.3, -0.25) is 9.99 Å². The Morgan fingerprint density at radius 2 is 1.82 bits per heavy atom. The fourth-order valence-corrected chi connectivity index (χ4v) is 5.86. The Hall–Kier alpha value is -5.27. The first-order valence-electron chi connectivity index (χ1n) is 14.5. The molecule has 1 aliphatic carbocycles. The molecule has 44 heavy (non-hydrogen) atoms. The number of aromatic nitrogens is 1. The van der Waals surface area contributed by atoms with Gasteiger partial charge in [0, 0.05) is 35.9 Å². The van der Waals surface area contributed by atoms with Crippen LogP contribution in [0.1, 0.15) is 65.6 Å². The summed E-state index contributed by atoms with van der Waals surface area (Å²) < 4.78 is 0. The zero-order valence-electron chi connectivity index (χ0n) is 24.1. The second-order valence-corrected chi connectivity index (χ2v) is 11.4. The summed E-state index contributed by atoms with van der Waals surface area (Å²) in [6, 6.07) is 26.1. The number of rotatable bonds is 10. The Morgan fingerprint density at radius 1 is 1.02 bits per heavy atom. The molecule has 4 N–H and O–H groups in total. The highest BCUT2D eigenvalue weighted by atomic mass is 35.5. The van der Waals surface area contributed by atoms with Crippen LogP contribution in [0.2, 0.25) is 5.02 Å². The number of halogens is 1. The van der Waals surface area contributed by atoms with E-state index >= 15 is 0 Å². The van der Waals surface area contributed by atoms with Crippen LogP contribution >= 0.6 is 11.6 Å². The molecule has 218 valence electrons. The average Bonchev–Trinajstić information content (AvgIpc) is 3.79. The van der Waals surface area contributed by atoms with Crippen LogP contribution in [-0.4, -0.2) is 16.0 Å². The molecular weight excluding hydrogens is 570 g/mol. The summed E-state index contributed by atoms with van der Waals surface area (Å²) >= 11 is 6.86. The minimum Gasteiger partial charge on any atom is -0.377 e. The molecule has 2 heterocycles. The number of nitrogens with zero attached hydrogens (tertiary/aromatic N) is 5. The smallest absolute Gasteiger partial charge is 0.103 e. The molecule has 4 aromatic rings. The maximum absolute atomic E-state index is 10.1. The van der Waals surface area contributed by atoms with E-state index in [2.05, 4.69) is 56.0 Å². The van der Waals surface area contributed by atoms with Gasteiger partial charge in [0.25, 0.3) is 0 Å². The van der Waals surface area contributed by atoms with Crippen molar-refractivity contribution >= 4 is 33.9 Å². The third-order valence-corrected chi connectivity index (χ3v) is 8.38. The molecule has 1 aliphatic heterocycles. The molecule has 1 fully saturated rings. The molecule has 0 bridgehead atoms. The van der Waals surface area contributed by atoms with Crippen LogP contribution in [0.5, 0.6) is 0 Å². The van der Waals surface area contributed by atoms with Gasteiger partial charge >= 0.3 is 0 Å². The number of benzene rings is 3. The molecular formula is C34H30ClN9. The Bertz CT molecular complexity index is 1860. The van der Waals surface area contributed by atoms with Gasteiger partial charge in [-0.2, -0.15) is 15.8 Å². The van der Waals surface area contributed by atoms with Gasteiger partial charge in [0.05, 0.1) is 57.3 Å². The maximum Gasteiger partial charge on any atom is 0.103 e. The fraction of sp³-hybridized carbons (Fsp3) is 0.235. The molecule has 1 saturated carbocycles. The summed E-state index contributed by atoms with van der Waals surface area (Å²) in [6.07, 6.45) is 6.76. The Kier molecular flexibility index (Phi) is 8.21. The number of hydrogen-bond acceptors (Lipinski definition) is 9. The lowest BCUT2D eigenvalue weighted by Crippen LogP contribution is -2.38. The Labute approximate surface area is 261 Å². The fourth-order valence-electron chi connectivity index (χ4n) is 5.59. The van der Waals surface area contributed by atoms with Gasteiger partial charge in [-0.25, -0.2) is 0 Å². The molecule has 6 rings (SSSR count). The topological polar surface area (TPSA) is 136 Å². The molecule has 0 saturated heterocycles. The van der Waals surface area contributed by atoms with Crippen LogP contribution < -0.4 is 21.6 Å². The van der Waals surface area contributed by atoms with Crippen LogP contribution in [0.4, 0.5) is 11.4 Å². The SMILES string of the molecule is Cc1c(C#N)cccc1C(Nc1cc(Cl)c2ncc(C#N)c(N[C@H](CCC#N)c3ccccc3)c2c1)C1=CN(C2CC2)NN1. The molecule has 10 heteroatoms. The molecule has 0 spiro atoms. The standard InChI is InChI=1S/C34H30ClN9/c1-21-23(17-37)9-5-10-27(21)34(31-20-44(43-42-31)26-12-13-26)40-25-15-28-32(24(18-38)19-39-33(28)29(35)16-25)41-30(11-6-14-36)22-7-3-2-4-8-22/h2-5,7-10,15-16,19-20,26,30,34,40,42-43H,6,11-13H2,1H3,(H,39,41)/t30-,34?/m1/s1. The first kappa shape index (κ1) is 28.8. The van der Waals surface area contributed by atoms with Gasteiger partial charge in [0.15, 0.2) is 0 Å². The van der Waals surface area contributed by atoms with E-state index in [0.29, 0.717) is 51.6 Å².